The summed E-state index contributed by atoms with van der Waals surface area (Å²) in [6.45, 7) is 2.06. The van der Waals surface area contributed by atoms with Crippen LogP contribution in [0.15, 0.2) is 48.7 Å². The molecule has 0 amide bonds. The maximum Gasteiger partial charge on any atom is 0.340 e. The van der Waals surface area contributed by atoms with Gasteiger partial charge >= 0.3 is 5.97 Å². The molecule has 0 N–H and O–H groups in total. The lowest BCUT2D eigenvalue weighted by Crippen LogP contribution is -2.08. The van der Waals surface area contributed by atoms with Gasteiger partial charge in [0, 0.05) is 22.2 Å². The number of nitrogens with zero attached hydrogens (tertiary/aromatic N) is 2. The normalized spacial score (nSPS) is 14.6. The molecule has 5 heteroatoms. The SMILES string of the molecule is CCOC(=O)c1cnc2ccc(Cl)cc2c1-c1ccc(C2(C#N)CC2)cc1. The van der Waals surface area contributed by atoms with E-state index in [1.807, 2.05) is 36.4 Å². The van der Waals surface area contributed by atoms with Crippen LogP contribution in [0.25, 0.3) is 22.0 Å². The second-order valence-electron chi connectivity index (χ2n) is 6.70. The Morgan fingerprint density at radius 3 is 2.63 bits per heavy atom. The Labute approximate surface area is 162 Å². The summed E-state index contributed by atoms with van der Waals surface area (Å²) in [5.74, 6) is -0.415. The predicted octanol–water partition coefficient (Wildman–Crippen LogP) is 5.29. The summed E-state index contributed by atoms with van der Waals surface area (Å²) < 4.78 is 5.22. The van der Waals surface area contributed by atoms with Crippen LogP contribution < -0.4 is 0 Å². The lowest BCUT2D eigenvalue weighted by atomic mass is 9.92. The van der Waals surface area contributed by atoms with Crippen LogP contribution in [-0.4, -0.2) is 17.6 Å². The topological polar surface area (TPSA) is 63.0 Å². The molecule has 0 radical (unpaired) electrons. The molecule has 0 saturated heterocycles. The smallest absolute Gasteiger partial charge is 0.340 e. The maximum absolute atomic E-state index is 12.5. The third-order valence-corrected chi connectivity index (χ3v) is 5.25. The van der Waals surface area contributed by atoms with E-state index >= 15 is 0 Å². The van der Waals surface area contributed by atoms with Gasteiger partial charge in [0.1, 0.15) is 0 Å². The van der Waals surface area contributed by atoms with Gasteiger partial charge in [0.25, 0.3) is 0 Å². The van der Waals surface area contributed by atoms with Crippen LogP contribution in [-0.2, 0) is 10.2 Å². The molecule has 2 aromatic carbocycles. The third-order valence-electron chi connectivity index (χ3n) is 5.02. The standard InChI is InChI=1S/C22H17ClN2O2/c1-2-27-21(26)18-12-25-19-8-7-16(23)11-17(19)20(18)14-3-5-15(6-4-14)22(13-24)9-10-22/h3-8,11-12H,2,9-10H2,1H3. The van der Waals surface area contributed by atoms with Crippen molar-refractivity contribution in [3.63, 3.8) is 0 Å². The number of hydrogen-bond donors (Lipinski definition) is 0. The molecular formula is C22H17ClN2O2. The molecule has 1 heterocycles. The van der Waals surface area contributed by atoms with Crippen molar-refractivity contribution in [3.8, 4) is 17.2 Å². The lowest BCUT2D eigenvalue weighted by Gasteiger charge is -2.14. The predicted molar refractivity (Wildman–Crippen MR) is 105 cm³/mol. The third kappa shape index (κ3) is 3.05. The van der Waals surface area contributed by atoms with E-state index < -0.39 is 5.97 Å². The highest BCUT2D eigenvalue weighted by Crippen LogP contribution is 2.48. The molecule has 1 aliphatic carbocycles. The van der Waals surface area contributed by atoms with E-state index in [0.717, 1.165) is 40.4 Å². The van der Waals surface area contributed by atoms with E-state index in [9.17, 15) is 10.1 Å². The van der Waals surface area contributed by atoms with Crippen molar-refractivity contribution >= 4 is 28.5 Å². The quantitative estimate of drug-likeness (QED) is 0.580. The highest BCUT2D eigenvalue weighted by Gasteiger charge is 2.44. The van der Waals surface area contributed by atoms with Crippen LogP contribution >= 0.6 is 11.6 Å². The van der Waals surface area contributed by atoms with Crippen LogP contribution in [0.3, 0.4) is 0 Å². The van der Waals surface area contributed by atoms with Crippen molar-refractivity contribution in [1.82, 2.24) is 4.98 Å². The summed E-state index contributed by atoms with van der Waals surface area (Å²) in [5.41, 5.74) is 3.44. The zero-order chi connectivity index (χ0) is 19.0. The summed E-state index contributed by atoms with van der Waals surface area (Å²) in [6, 6.07) is 15.7. The van der Waals surface area contributed by atoms with Crippen LogP contribution in [0.2, 0.25) is 5.02 Å². The highest BCUT2D eigenvalue weighted by molar-refractivity contribution is 6.31. The Hall–Kier alpha value is -2.90. The van der Waals surface area contributed by atoms with Crippen molar-refractivity contribution < 1.29 is 9.53 Å². The van der Waals surface area contributed by atoms with Gasteiger partial charge in [-0.25, -0.2) is 4.79 Å². The number of carbonyl (C=O) groups excluding carboxylic acids is 1. The number of esters is 1. The van der Waals surface area contributed by atoms with E-state index in [-0.39, 0.29) is 12.0 Å². The van der Waals surface area contributed by atoms with Crippen LogP contribution in [0.5, 0.6) is 0 Å². The van der Waals surface area contributed by atoms with Gasteiger partial charge in [-0.2, -0.15) is 5.26 Å². The van der Waals surface area contributed by atoms with E-state index in [2.05, 4.69) is 11.1 Å². The molecule has 0 atom stereocenters. The fourth-order valence-corrected chi connectivity index (χ4v) is 3.56. The Morgan fingerprint density at radius 1 is 1.26 bits per heavy atom. The first-order valence-corrected chi connectivity index (χ1v) is 9.23. The Bertz CT molecular complexity index is 1080. The molecule has 3 aromatic rings. The van der Waals surface area contributed by atoms with Crippen molar-refractivity contribution in [1.29, 1.82) is 5.26 Å². The Kier molecular flexibility index (Phi) is 4.33. The second kappa shape index (κ2) is 6.68. The molecular weight excluding hydrogens is 360 g/mol. The number of benzene rings is 2. The first-order valence-electron chi connectivity index (χ1n) is 8.85. The van der Waals surface area contributed by atoms with E-state index in [1.165, 1.54) is 0 Å². The molecule has 0 unspecified atom stereocenters. The first-order chi connectivity index (χ1) is 13.1. The van der Waals surface area contributed by atoms with Crippen molar-refractivity contribution in [2.75, 3.05) is 6.61 Å². The van der Waals surface area contributed by atoms with Crippen molar-refractivity contribution in [2.45, 2.75) is 25.2 Å². The van der Waals surface area contributed by atoms with Crippen LogP contribution in [0, 0.1) is 11.3 Å². The van der Waals surface area contributed by atoms with Crippen molar-refractivity contribution in [3.05, 3.63) is 64.8 Å². The molecule has 0 bridgehead atoms. The summed E-state index contributed by atoms with van der Waals surface area (Å²) in [7, 11) is 0. The highest BCUT2D eigenvalue weighted by atomic mass is 35.5. The van der Waals surface area contributed by atoms with Gasteiger partial charge in [0.15, 0.2) is 0 Å². The van der Waals surface area contributed by atoms with Gasteiger partial charge in [-0.05, 0) is 49.1 Å². The summed E-state index contributed by atoms with van der Waals surface area (Å²) in [5, 5.41) is 10.8. The van der Waals surface area contributed by atoms with Gasteiger partial charge in [0.05, 0.1) is 29.2 Å². The summed E-state index contributed by atoms with van der Waals surface area (Å²) >= 11 is 6.20. The molecule has 134 valence electrons. The number of ether oxygens (including phenoxy) is 1. The molecule has 1 fully saturated rings. The summed E-state index contributed by atoms with van der Waals surface area (Å²) in [4.78, 5) is 16.9. The van der Waals surface area contributed by atoms with Crippen LogP contribution in [0.4, 0.5) is 0 Å². The number of pyridine rings is 1. The second-order valence-corrected chi connectivity index (χ2v) is 7.14. The average molecular weight is 377 g/mol. The molecule has 0 spiro atoms. The van der Waals surface area contributed by atoms with Gasteiger partial charge < -0.3 is 4.74 Å². The molecule has 4 nitrogen and oxygen atoms in total. The minimum atomic E-state index is -0.415. The zero-order valence-electron chi connectivity index (χ0n) is 14.8. The van der Waals surface area contributed by atoms with Crippen molar-refractivity contribution in [2.24, 2.45) is 0 Å². The minimum absolute atomic E-state index is 0.287. The fraction of sp³-hybridized carbons (Fsp3) is 0.227. The number of nitriles is 1. The minimum Gasteiger partial charge on any atom is -0.462 e. The molecule has 4 rings (SSSR count). The van der Waals surface area contributed by atoms with Crippen LogP contribution in [0.1, 0.15) is 35.7 Å². The Morgan fingerprint density at radius 2 is 2.00 bits per heavy atom. The lowest BCUT2D eigenvalue weighted by molar-refractivity contribution is 0.0527. The first kappa shape index (κ1) is 17.5. The van der Waals surface area contributed by atoms with Gasteiger partial charge in [-0.15, -0.1) is 0 Å². The molecule has 1 aromatic heterocycles. The van der Waals surface area contributed by atoms with Gasteiger partial charge in [-0.3, -0.25) is 4.98 Å². The number of fused-ring (bicyclic) bond motifs is 1. The van der Waals surface area contributed by atoms with Gasteiger partial charge in [-0.1, -0.05) is 35.9 Å². The summed E-state index contributed by atoms with van der Waals surface area (Å²) in [6.07, 6.45) is 3.34. The van der Waals surface area contributed by atoms with E-state index in [1.54, 1.807) is 19.2 Å². The largest absolute Gasteiger partial charge is 0.462 e. The maximum atomic E-state index is 12.5. The van der Waals surface area contributed by atoms with Gasteiger partial charge in [0.2, 0.25) is 0 Å². The monoisotopic (exact) mass is 376 g/mol. The molecule has 0 aliphatic heterocycles. The molecule has 1 aliphatic rings. The fourth-order valence-electron chi connectivity index (χ4n) is 3.39. The number of hydrogen-bond acceptors (Lipinski definition) is 4. The van der Waals surface area contributed by atoms with E-state index in [4.69, 9.17) is 16.3 Å². The average Bonchev–Trinajstić information content (AvgIpc) is 3.48. The van der Waals surface area contributed by atoms with E-state index in [0.29, 0.717) is 10.6 Å². The number of rotatable bonds is 4. The molecule has 1 saturated carbocycles. The number of aromatic nitrogens is 1. The Balaban J connectivity index is 1.90. The zero-order valence-corrected chi connectivity index (χ0v) is 15.6. The molecule has 27 heavy (non-hydrogen) atoms. The number of carbonyl (C=O) groups is 1. The number of halogens is 1.